The van der Waals surface area contributed by atoms with Gasteiger partial charge in [0.05, 0.1) is 41.5 Å². The lowest BCUT2D eigenvalue weighted by atomic mass is 10.1. The number of hydrogen-bond acceptors (Lipinski definition) is 7. The second-order valence-electron chi connectivity index (χ2n) is 9.06. The highest BCUT2D eigenvalue weighted by molar-refractivity contribution is 7.92. The number of pyridine rings is 1. The van der Waals surface area contributed by atoms with Gasteiger partial charge in [-0.05, 0) is 19.1 Å². The Labute approximate surface area is 211 Å². The molecule has 3 N–H and O–H groups in total. The number of alkyl halides is 2. The van der Waals surface area contributed by atoms with E-state index < -0.39 is 34.2 Å². The van der Waals surface area contributed by atoms with Crippen LogP contribution in [-0.4, -0.2) is 58.1 Å². The average molecular weight is 531 g/mol. The van der Waals surface area contributed by atoms with Gasteiger partial charge in [-0.2, -0.15) is 0 Å². The van der Waals surface area contributed by atoms with Gasteiger partial charge in [0, 0.05) is 32.1 Å². The van der Waals surface area contributed by atoms with Crippen LogP contribution in [0.25, 0.3) is 22.4 Å². The van der Waals surface area contributed by atoms with Crippen molar-refractivity contribution in [2.45, 2.75) is 19.3 Å². The summed E-state index contributed by atoms with van der Waals surface area (Å²) in [5.41, 5.74) is 3.44. The van der Waals surface area contributed by atoms with E-state index >= 15 is 0 Å². The first-order valence-electron chi connectivity index (χ1n) is 11.2. The molecule has 11 nitrogen and oxygen atoms in total. The Morgan fingerprint density at radius 1 is 1.24 bits per heavy atom. The summed E-state index contributed by atoms with van der Waals surface area (Å²) in [6, 6.07) is 6.71. The van der Waals surface area contributed by atoms with E-state index in [1.165, 1.54) is 13.1 Å². The topological polar surface area (TPSA) is 138 Å². The monoisotopic (exact) mass is 530 g/mol. The molecule has 1 saturated carbocycles. The fraction of sp³-hybridized carbons (Fsp3) is 0.304. The fourth-order valence-corrected chi connectivity index (χ4v) is 4.50. The van der Waals surface area contributed by atoms with Gasteiger partial charge in [0.25, 0.3) is 5.92 Å². The van der Waals surface area contributed by atoms with Crippen molar-refractivity contribution >= 4 is 50.0 Å². The van der Waals surface area contributed by atoms with Gasteiger partial charge >= 0.3 is 0 Å². The third-order valence-electron chi connectivity index (χ3n) is 6.18. The van der Waals surface area contributed by atoms with Gasteiger partial charge < -0.3 is 20.2 Å². The molecule has 0 spiro atoms. The summed E-state index contributed by atoms with van der Waals surface area (Å²) < 4.78 is 54.6. The van der Waals surface area contributed by atoms with Crippen LogP contribution in [0.4, 0.5) is 31.7 Å². The van der Waals surface area contributed by atoms with Gasteiger partial charge in [-0.15, -0.1) is 0 Å². The summed E-state index contributed by atoms with van der Waals surface area (Å²) in [5.74, 6) is -4.63. The number of rotatable bonds is 7. The Balaban J connectivity index is 1.57. The van der Waals surface area contributed by atoms with Crippen molar-refractivity contribution in [1.29, 1.82) is 0 Å². The molecule has 0 radical (unpaired) electrons. The number of aromatic nitrogens is 5. The maximum Gasteiger partial charge on any atom is 0.260 e. The molecule has 1 amide bonds. The number of fused-ring (bicyclic) bond motifs is 1. The molecule has 0 bridgehead atoms. The van der Waals surface area contributed by atoms with E-state index in [0.29, 0.717) is 34.1 Å². The van der Waals surface area contributed by atoms with Crippen LogP contribution in [0.15, 0.2) is 36.8 Å². The number of halogens is 2. The first-order chi connectivity index (χ1) is 17.3. The number of nitrogens with zero attached hydrogens (tertiary/aromatic N) is 5. The van der Waals surface area contributed by atoms with Gasteiger partial charge in [-0.25, -0.2) is 32.2 Å². The third-order valence-corrected chi connectivity index (χ3v) is 7.37. The molecule has 1 fully saturated rings. The number of nitrogens with one attached hydrogen (secondary N) is 3. The van der Waals surface area contributed by atoms with E-state index in [-0.39, 0.29) is 5.82 Å². The van der Waals surface area contributed by atoms with Crippen LogP contribution in [-0.2, 0) is 21.9 Å². The number of hydrogen-bond donors (Lipinski definition) is 3. The summed E-state index contributed by atoms with van der Waals surface area (Å²) in [7, 11) is -0.369. The van der Waals surface area contributed by atoms with E-state index in [0.717, 1.165) is 21.8 Å². The minimum atomic E-state index is -3.63. The average Bonchev–Trinajstić information content (AvgIpc) is 3.09. The van der Waals surface area contributed by atoms with Crippen LogP contribution in [0, 0.1) is 12.8 Å². The van der Waals surface area contributed by atoms with E-state index in [1.54, 1.807) is 31.6 Å². The molecule has 194 valence electrons. The lowest BCUT2D eigenvalue weighted by Crippen LogP contribution is -2.25. The van der Waals surface area contributed by atoms with Crippen LogP contribution in [0.2, 0.25) is 0 Å². The maximum atomic E-state index is 13.4. The number of aryl methyl sites for hydroxylation is 2. The number of anilines is 4. The molecule has 14 heteroatoms. The first-order valence-corrected chi connectivity index (χ1v) is 13.1. The van der Waals surface area contributed by atoms with Crippen molar-refractivity contribution in [2.75, 3.05) is 28.2 Å². The number of amides is 1. The molecule has 1 atom stereocenters. The molecule has 0 saturated heterocycles. The van der Waals surface area contributed by atoms with Crippen LogP contribution in [0.1, 0.15) is 12.2 Å². The number of imidazole rings is 2. The zero-order valence-electron chi connectivity index (χ0n) is 20.4. The normalized spacial score (nSPS) is 16.5. The van der Waals surface area contributed by atoms with Gasteiger partial charge in [0.1, 0.15) is 23.1 Å². The number of sulfonamides is 1. The highest BCUT2D eigenvalue weighted by Gasteiger charge is 2.61. The SMILES string of the molecule is Cc1nc2c(Nc3ccc(-c4cncn4C)cc3N(C)S(C)(=O)=O)cc(NC(=O)C3CC3(F)F)nc2[nH]1. The number of carbonyl (C=O) groups is 1. The van der Waals surface area contributed by atoms with Crippen molar-refractivity contribution in [1.82, 2.24) is 24.5 Å². The van der Waals surface area contributed by atoms with Crippen molar-refractivity contribution < 1.29 is 22.0 Å². The molecular formula is C23H24F2N8O3S. The predicted molar refractivity (Wildman–Crippen MR) is 135 cm³/mol. The Bertz CT molecular complexity index is 1650. The van der Waals surface area contributed by atoms with Crippen LogP contribution in [0.5, 0.6) is 0 Å². The third kappa shape index (κ3) is 4.71. The molecular weight excluding hydrogens is 506 g/mol. The molecule has 1 aliphatic carbocycles. The molecule has 1 unspecified atom stereocenters. The molecule has 37 heavy (non-hydrogen) atoms. The zero-order valence-corrected chi connectivity index (χ0v) is 21.2. The van der Waals surface area contributed by atoms with E-state index in [2.05, 4.69) is 30.6 Å². The lowest BCUT2D eigenvalue weighted by molar-refractivity contribution is -0.119. The highest BCUT2D eigenvalue weighted by Crippen LogP contribution is 2.49. The van der Waals surface area contributed by atoms with E-state index in [4.69, 9.17) is 0 Å². The molecule has 1 aliphatic rings. The first kappa shape index (κ1) is 24.6. The predicted octanol–water partition coefficient (Wildman–Crippen LogP) is 3.40. The fourth-order valence-electron chi connectivity index (χ4n) is 3.99. The summed E-state index contributed by atoms with van der Waals surface area (Å²) in [4.78, 5) is 28.1. The van der Waals surface area contributed by atoms with Gasteiger partial charge in [0.15, 0.2) is 5.65 Å². The van der Waals surface area contributed by atoms with Crippen LogP contribution >= 0.6 is 0 Å². The summed E-state index contributed by atoms with van der Waals surface area (Å²) in [5, 5.41) is 5.64. The van der Waals surface area contributed by atoms with Crippen molar-refractivity contribution in [3.05, 3.63) is 42.6 Å². The molecule has 3 heterocycles. The Morgan fingerprint density at radius 3 is 2.59 bits per heavy atom. The van der Waals surface area contributed by atoms with E-state index in [1.807, 2.05) is 17.7 Å². The van der Waals surface area contributed by atoms with Crippen molar-refractivity contribution in [2.24, 2.45) is 13.0 Å². The zero-order chi connectivity index (χ0) is 26.7. The van der Waals surface area contributed by atoms with Crippen LogP contribution in [0.3, 0.4) is 0 Å². The van der Waals surface area contributed by atoms with Gasteiger partial charge in [0.2, 0.25) is 15.9 Å². The standard InChI is InChI=1S/C23H24F2N8O3S/c1-12-27-20-16(8-19(30-21(20)28-12)31-22(34)14-9-23(14,24)25)29-15-6-5-13(18-10-26-11-32(18)2)7-17(15)33(3)37(4,35)36/h5-8,10-11,14H,9H2,1-4H3,(H3,27,28,29,30,31,34). The number of carbonyl (C=O) groups excluding carboxylic acids is 1. The number of aromatic amines is 1. The van der Waals surface area contributed by atoms with Crippen molar-refractivity contribution in [3.63, 3.8) is 0 Å². The maximum absolute atomic E-state index is 13.4. The molecule has 1 aromatic carbocycles. The second kappa shape index (κ2) is 8.50. The molecule has 4 aromatic rings. The lowest BCUT2D eigenvalue weighted by Gasteiger charge is -2.22. The molecule has 5 rings (SSSR count). The highest BCUT2D eigenvalue weighted by atomic mass is 32.2. The van der Waals surface area contributed by atoms with Gasteiger partial charge in [-0.3, -0.25) is 9.10 Å². The second-order valence-corrected chi connectivity index (χ2v) is 11.1. The Kier molecular flexibility index (Phi) is 5.66. The van der Waals surface area contributed by atoms with E-state index in [9.17, 15) is 22.0 Å². The summed E-state index contributed by atoms with van der Waals surface area (Å²) in [6.45, 7) is 1.72. The molecule has 3 aromatic heterocycles. The molecule has 0 aliphatic heterocycles. The van der Waals surface area contributed by atoms with Gasteiger partial charge in [-0.1, -0.05) is 6.07 Å². The minimum Gasteiger partial charge on any atom is -0.352 e. The smallest absolute Gasteiger partial charge is 0.260 e. The van der Waals surface area contributed by atoms with Crippen LogP contribution < -0.4 is 14.9 Å². The quantitative estimate of drug-likeness (QED) is 0.333. The largest absolute Gasteiger partial charge is 0.352 e. The number of benzene rings is 1. The Morgan fingerprint density at radius 2 is 1.97 bits per heavy atom. The summed E-state index contributed by atoms with van der Waals surface area (Å²) >= 11 is 0. The number of H-pyrrole nitrogens is 1. The minimum absolute atomic E-state index is 0.0517. The Hall–Kier alpha value is -4.07. The van der Waals surface area contributed by atoms with Crippen molar-refractivity contribution in [3.8, 4) is 11.3 Å². The summed E-state index contributed by atoms with van der Waals surface area (Å²) in [6.07, 6.45) is 3.91.